The number of imidazole rings is 1. The molecule has 1 aliphatic carbocycles. The fraction of sp³-hybridized carbons (Fsp3) is 0.368. The first kappa shape index (κ1) is 16.1. The molecule has 2 aromatic heterocycles. The van der Waals surface area contributed by atoms with Crippen molar-refractivity contribution in [2.45, 2.75) is 44.4 Å². The molecular formula is C19H22N4O2. The number of nitrogens with one attached hydrogen (secondary N) is 1. The van der Waals surface area contributed by atoms with E-state index in [1.165, 1.54) is 0 Å². The van der Waals surface area contributed by atoms with E-state index < -0.39 is 0 Å². The standard InChI is InChI=1S/C19H22N4O2/c24-12-13-1-3-14(4-2-13)17-11-20-19-10-9-18(22-23(17)19)21-15-5-7-16(25)8-6-15/h1-4,9-11,15-16,24-25H,5-8,12H2,(H,21,22). The van der Waals surface area contributed by atoms with Crippen LogP contribution >= 0.6 is 0 Å². The van der Waals surface area contributed by atoms with Gasteiger partial charge in [0.1, 0.15) is 5.82 Å². The van der Waals surface area contributed by atoms with Crippen LogP contribution in [0.2, 0.25) is 0 Å². The molecule has 6 nitrogen and oxygen atoms in total. The maximum absolute atomic E-state index is 9.63. The molecule has 3 N–H and O–H groups in total. The SMILES string of the molecule is OCc1ccc(-c2cnc3ccc(NC4CCC(O)CC4)nn23)cc1. The third-order valence-electron chi connectivity index (χ3n) is 4.84. The van der Waals surface area contributed by atoms with Gasteiger partial charge in [-0.15, -0.1) is 5.10 Å². The molecule has 1 saturated carbocycles. The fourth-order valence-corrected chi connectivity index (χ4v) is 3.36. The fourth-order valence-electron chi connectivity index (χ4n) is 3.36. The third kappa shape index (κ3) is 3.36. The van der Waals surface area contributed by atoms with Gasteiger partial charge in [0.2, 0.25) is 0 Å². The first-order valence-corrected chi connectivity index (χ1v) is 8.72. The number of hydrogen-bond acceptors (Lipinski definition) is 5. The Balaban J connectivity index is 1.60. The zero-order valence-corrected chi connectivity index (χ0v) is 14.0. The van der Waals surface area contributed by atoms with E-state index in [-0.39, 0.29) is 12.7 Å². The van der Waals surface area contributed by atoms with Crippen molar-refractivity contribution >= 4 is 11.5 Å². The second kappa shape index (κ2) is 6.82. The maximum atomic E-state index is 9.63. The molecule has 0 saturated heterocycles. The van der Waals surface area contributed by atoms with E-state index in [9.17, 15) is 10.2 Å². The van der Waals surface area contributed by atoms with Crippen molar-refractivity contribution in [2.75, 3.05) is 5.32 Å². The van der Waals surface area contributed by atoms with E-state index >= 15 is 0 Å². The molecule has 3 aromatic rings. The Kier molecular flexibility index (Phi) is 4.38. The molecular weight excluding hydrogens is 316 g/mol. The lowest BCUT2D eigenvalue weighted by Crippen LogP contribution is -2.28. The summed E-state index contributed by atoms with van der Waals surface area (Å²) in [5.41, 5.74) is 3.61. The highest BCUT2D eigenvalue weighted by molar-refractivity contribution is 5.64. The summed E-state index contributed by atoms with van der Waals surface area (Å²) in [7, 11) is 0. The Morgan fingerprint density at radius 2 is 1.80 bits per heavy atom. The molecule has 0 unspecified atom stereocenters. The van der Waals surface area contributed by atoms with Crippen molar-refractivity contribution in [3.63, 3.8) is 0 Å². The Labute approximate surface area is 146 Å². The highest BCUT2D eigenvalue weighted by atomic mass is 16.3. The first-order chi connectivity index (χ1) is 12.2. The Morgan fingerprint density at radius 1 is 1.04 bits per heavy atom. The summed E-state index contributed by atoms with van der Waals surface area (Å²) in [6.45, 7) is 0.0375. The van der Waals surface area contributed by atoms with Crippen molar-refractivity contribution in [3.8, 4) is 11.3 Å². The minimum Gasteiger partial charge on any atom is -0.393 e. The van der Waals surface area contributed by atoms with E-state index in [4.69, 9.17) is 5.10 Å². The molecule has 130 valence electrons. The number of hydrogen-bond donors (Lipinski definition) is 3. The molecule has 0 aliphatic heterocycles. The first-order valence-electron chi connectivity index (χ1n) is 8.72. The van der Waals surface area contributed by atoms with Crippen molar-refractivity contribution in [2.24, 2.45) is 0 Å². The monoisotopic (exact) mass is 338 g/mol. The second-order valence-corrected chi connectivity index (χ2v) is 6.64. The molecule has 1 aliphatic rings. The second-order valence-electron chi connectivity index (χ2n) is 6.64. The third-order valence-corrected chi connectivity index (χ3v) is 4.84. The van der Waals surface area contributed by atoms with E-state index in [1.807, 2.05) is 47.1 Å². The molecule has 2 heterocycles. The predicted octanol–water partition coefficient (Wildman–Crippen LogP) is 2.60. The minimum absolute atomic E-state index is 0.0375. The Hall–Kier alpha value is -2.44. The van der Waals surface area contributed by atoms with E-state index in [2.05, 4.69) is 10.3 Å². The number of rotatable bonds is 4. The molecule has 4 rings (SSSR count). The van der Waals surface area contributed by atoms with Crippen molar-refractivity contribution in [3.05, 3.63) is 48.2 Å². The van der Waals surface area contributed by atoms with Crippen LogP contribution in [-0.2, 0) is 6.61 Å². The smallest absolute Gasteiger partial charge is 0.154 e. The highest BCUT2D eigenvalue weighted by Crippen LogP contribution is 2.24. The topological polar surface area (TPSA) is 82.7 Å². The van der Waals surface area contributed by atoms with Gasteiger partial charge in [0.15, 0.2) is 5.65 Å². The summed E-state index contributed by atoms with van der Waals surface area (Å²) in [5, 5.41) is 27.0. The van der Waals surface area contributed by atoms with Crippen molar-refractivity contribution < 1.29 is 10.2 Å². The van der Waals surface area contributed by atoms with Gasteiger partial charge in [0.05, 0.1) is 24.6 Å². The Bertz CT molecular complexity index is 851. The maximum Gasteiger partial charge on any atom is 0.154 e. The zero-order chi connectivity index (χ0) is 17.2. The molecule has 0 radical (unpaired) electrons. The summed E-state index contributed by atoms with van der Waals surface area (Å²) < 4.78 is 1.84. The quantitative estimate of drug-likeness (QED) is 0.681. The number of aliphatic hydroxyl groups is 2. The van der Waals surface area contributed by atoms with E-state index in [0.717, 1.165) is 54.0 Å². The normalized spacial score (nSPS) is 20.7. The van der Waals surface area contributed by atoms with Crippen molar-refractivity contribution in [1.82, 2.24) is 14.6 Å². The van der Waals surface area contributed by atoms with Crippen LogP contribution in [0.4, 0.5) is 5.82 Å². The van der Waals surface area contributed by atoms with Crippen molar-refractivity contribution in [1.29, 1.82) is 0 Å². The van der Waals surface area contributed by atoms with Gasteiger partial charge >= 0.3 is 0 Å². The summed E-state index contributed by atoms with van der Waals surface area (Å²) >= 11 is 0. The lowest BCUT2D eigenvalue weighted by molar-refractivity contribution is 0.126. The molecule has 1 fully saturated rings. The van der Waals surface area contributed by atoms with Gasteiger partial charge in [0, 0.05) is 11.6 Å². The average molecular weight is 338 g/mol. The lowest BCUT2D eigenvalue weighted by Gasteiger charge is -2.26. The summed E-state index contributed by atoms with van der Waals surface area (Å²) in [6, 6.07) is 12.0. The molecule has 0 atom stereocenters. The predicted molar refractivity (Wildman–Crippen MR) is 96.2 cm³/mol. The van der Waals surface area contributed by atoms with Crippen LogP contribution < -0.4 is 5.32 Å². The van der Waals surface area contributed by atoms with Gasteiger partial charge in [-0.25, -0.2) is 9.50 Å². The number of fused-ring (bicyclic) bond motifs is 1. The van der Waals surface area contributed by atoms with Gasteiger partial charge in [-0.05, 0) is 43.4 Å². The molecule has 0 amide bonds. The summed E-state index contributed by atoms with van der Waals surface area (Å²) in [4.78, 5) is 4.43. The summed E-state index contributed by atoms with van der Waals surface area (Å²) in [5.74, 6) is 0.820. The number of aromatic nitrogens is 3. The molecule has 0 bridgehead atoms. The van der Waals surface area contributed by atoms with Crippen LogP contribution in [0.3, 0.4) is 0 Å². The van der Waals surface area contributed by atoms with E-state index in [1.54, 1.807) is 0 Å². The minimum atomic E-state index is -0.157. The molecule has 6 heteroatoms. The molecule has 25 heavy (non-hydrogen) atoms. The Morgan fingerprint density at radius 3 is 2.52 bits per heavy atom. The van der Waals surface area contributed by atoms with E-state index in [0.29, 0.717) is 6.04 Å². The number of anilines is 1. The van der Waals surface area contributed by atoms with Gasteiger partial charge in [0.25, 0.3) is 0 Å². The average Bonchev–Trinajstić information content (AvgIpc) is 3.07. The van der Waals surface area contributed by atoms with Crippen LogP contribution in [0.1, 0.15) is 31.2 Å². The molecule has 0 spiro atoms. The number of benzene rings is 1. The number of nitrogens with zero attached hydrogens (tertiary/aromatic N) is 3. The summed E-state index contributed by atoms with van der Waals surface area (Å²) in [6.07, 6.45) is 5.26. The van der Waals surface area contributed by atoms with Crippen LogP contribution in [0.5, 0.6) is 0 Å². The lowest BCUT2D eigenvalue weighted by atomic mass is 9.93. The van der Waals surface area contributed by atoms with Gasteiger partial charge in [-0.1, -0.05) is 24.3 Å². The largest absolute Gasteiger partial charge is 0.393 e. The van der Waals surface area contributed by atoms with Crippen LogP contribution in [0, 0.1) is 0 Å². The van der Waals surface area contributed by atoms with Crippen LogP contribution in [0.15, 0.2) is 42.6 Å². The van der Waals surface area contributed by atoms with Gasteiger partial charge in [-0.2, -0.15) is 0 Å². The highest BCUT2D eigenvalue weighted by Gasteiger charge is 2.19. The number of aliphatic hydroxyl groups excluding tert-OH is 2. The van der Waals surface area contributed by atoms with Crippen LogP contribution in [-0.4, -0.2) is 37.0 Å². The van der Waals surface area contributed by atoms with Gasteiger partial charge < -0.3 is 15.5 Å². The van der Waals surface area contributed by atoms with Gasteiger partial charge in [-0.3, -0.25) is 0 Å². The zero-order valence-electron chi connectivity index (χ0n) is 14.0. The van der Waals surface area contributed by atoms with Crippen LogP contribution in [0.25, 0.3) is 16.9 Å². The molecule has 1 aromatic carbocycles.